The van der Waals surface area contributed by atoms with Gasteiger partial charge in [-0.1, -0.05) is 23.7 Å². The molecule has 0 atom stereocenters. The van der Waals surface area contributed by atoms with Crippen molar-refractivity contribution in [2.75, 3.05) is 7.11 Å². The van der Waals surface area contributed by atoms with Crippen LogP contribution in [0.3, 0.4) is 0 Å². The fourth-order valence-electron chi connectivity index (χ4n) is 2.54. The first kappa shape index (κ1) is 20.9. The summed E-state index contributed by atoms with van der Waals surface area (Å²) in [6.07, 6.45) is 1.45. The third-order valence-electron chi connectivity index (χ3n) is 4.11. The first-order chi connectivity index (χ1) is 13.9. The standard InChI is InChI=1S/C20H19ClN2O5S/c1-27-16-7-4-14(5-8-16)12-22-20(24)15-6-9-18(21)19(11-15)29(25,26)23-13-17-3-2-10-28-17/h2-11,23H,12-13H2,1H3,(H,22,24). The van der Waals surface area contributed by atoms with E-state index in [-0.39, 0.29) is 28.6 Å². The van der Waals surface area contributed by atoms with E-state index in [4.69, 9.17) is 20.8 Å². The zero-order chi connectivity index (χ0) is 20.9. The molecular weight excluding hydrogens is 416 g/mol. The molecule has 7 nitrogen and oxygen atoms in total. The fourth-order valence-corrected chi connectivity index (χ4v) is 4.05. The van der Waals surface area contributed by atoms with Crippen LogP contribution in [0.4, 0.5) is 0 Å². The van der Waals surface area contributed by atoms with Gasteiger partial charge in [-0.3, -0.25) is 4.79 Å². The van der Waals surface area contributed by atoms with Crippen molar-refractivity contribution in [3.05, 3.63) is 82.8 Å². The Hall–Kier alpha value is -2.81. The van der Waals surface area contributed by atoms with Crippen LogP contribution in [0.5, 0.6) is 5.75 Å². The molecule has 1 amide bonds. The number of hydrogen-bond donors (Lipinski definition) is 2. The third kappa shape index (κ3) is 5.38. The molecule has 1 aromatic heterocycles. The predicted octanol–water partition coefficient (Wildman–Crippen LogP) is 3.35. The quantitative estimate of drug-likeness (QED) is 0.566. The number of ether oxygens (including phenoxy) is 1. The lowest BCUT2D eigenvalue weighted by Gasteiger charge is -2.10. The molecule has 2 N–H and O–H groups in total. The van der Waals surface area contributed by atoms with Crippen molar-refractivity contribution in [2.24, 2.45) is 0 Å². The summed E-state index contributed by atoms with van der Waals surface area (Å²) in [6.45, 7) is 0.254. The number of hydrogen-bond acceptors (Lipinski definition) is 5. The number of amides is 1. The van der Waals surface area contributed by atoms with Crippen LogP contribution in [0, 0.1) is 0 Å². The monoisotopic (exact) mass is 434 g/mol. The number of carbonyl (C=O) groups is 1. The summed E-state index contributed by atoms with van der Waals surface area (Å²) in [5, 5.41) is 2.77. The normalized spacial score (nSPS) is 11.2. The number of furan rings is 1. The third-order valence-corrected chi connectivity index (χ3v) is 5.99. The van der Waals surface area contributed by atoms with Gasteiger partial charge >= 0.3 is 0 Å². The number of rotatable bonds is 8. The molecule has 0 aliphatic heterocycles. The second-order valence-electron chi connectivity index (χ2n) is 6.08. The highest BCUT2D eigenvalue weighted by molar-refractivity contribution is 7.89. The van der Waals surface area contributed by atoms with Gasteiger partial charge in [0.2, 0.25) is 10.0 Å². The highest BCUT2D eigenvalue weighted by Crippen LogP contribution is 2.23. The molecule has 0 aliphatic rings. The Balaban J connectivity index is 1.70. The minimum atomic E-state index is -3.93. The van der Waals surface area contributed by atoms with E-state index in [1.807, 2.05) is 12.1 Å². The molecule has 9 heteroatoms. The van der Waals surface area contributed by atoms with Gasteiger partial charge in [-0.2, -0.15) is 0 Å². The first-order valence-corrected chi connectivity index (χ1v) is 10.5. The van der Waals surface area contributed by atoms with Crippen LogP contribution in [-0.2, 0) is 23.1 Å². The van der Waals surface area contributed by atoms with E-state index in [0.29, 0.717) is 5.76 Å². The lowest BCUT2D eigenvalue weighted by molar-refractivity contribution is 0.0950. The minimum absolute atomic E-state index is 0.0173. The average molecular weight is 435 g/mol. The van der Waals surface area contributed by atoms with E-state index >= 15 is 0 Å². The van der Waals surface area contributed by atoms with Gasteiger partial charge in [-0.05, 0) is 48.0 Å². The molecule has 0 fully saturated rings. The molecule has 0 bridgehead atoms. The summed E-state index contributed by atoms with van der Waals surface area (Å²) in [5.74, 6) is 0.757. The van der Waals surface area contributed by atoms with Crippen molar-refractivity contribution in [1.82, 2.24) is 10.0 Å². The molecule has 0 spiro atoms. The van der Waals surface area contributed by atoms with Gasteiger partial charge in [0, 0.05) is 12.1 Å². The molecule has 29 heavy (non-hydrogen) atoms. The number of sulfonamides is 1. The van der Waals surface area contributed by atoms with E-state index in [0.717, 1.165) is 11.3 Å². The lowest BCUT2D eigenvalue weighted by Crippen LogP contribution is -2.25. The van der Waals surface area contributed by atoms with Crippen molar-refractivity contribution < 1.29 is 22.4 Å². The Morgan fingerprint density at radius 1 is 1.10 bits per heavy atom. The van der Waals surface area contributed by atoms with Crippen molar-refractivity contribution in [1.29, 1.82) is 0 Å². The predicted molar refractivity (Wildman–Crippen MR) is 108 cm³/mol. The van der Waals surface area contributed by atoms with Gasteiger partial charge < -0.3 is 14.5 Å². The number of benzene rings is 2. The van der Waals surface area contributed by atoms with Crippen LogP contribution in [-0.4, -0.2) is 21.4 Å². The van der Waals surface area contributed by atoms with Crippen LogP contribution in [0.2, 0.25) is 5.02 Å². The molecule has 0 radical (unpaired) electrons. The second-order valence-corrected chi connectivity index (χ2v) is 8.22. The van der Waals surface area contributed by atoms with Gasteiger partial charge in [-0.25, -0.2) is 13.1 Å². The SMILES string of the molecule is COc1ccc(CNC(=O)c2ccc(Cl)c(S(=O)(=O)NCc3ccco3)c2)cc1. The average Bonchev–Trinajstić information content (AvgIpc) is 3.25. The molecule has 3 rings (SSSR count). The van der Waals surface area contributed by atoms with Crippen molar-refractivity contribution in [3.63, 3.8) is 0 Å². The Morgan fingerprint density at radius 2 is 1.86 bits per heavy atom. The molecule has 0 unspecified atom stereocenters. The van der Waals surface area contributed by atoms with E-state index < -0.39 is 15.9 Å². The van der Waals surface area contributed by atoms with Crippen molar-refractivity contribution >= 4 is 27.5 Å². The maximum absolute atomic E-state index is 12.6. The molecule has 2 aromatic carbocycles. The fraction of sp³-hybridized carbons (Fsp3) is 0.150. The molecule has 0 saturated heterocycles. The highest BCUT2D eigenvalue weighted by Gasteiger charge is 2.20. The minimum Gasteiger partial charge on any atom is -0.497 e. The Morgan fingerprint density at radius 3 is 2.52 bits per heavy atom. The zero-order valence-corrected chi connectivity index (χ0v) is 17.1. The smallest absolute Gasteiger partial charge is 0.251 e. The molecule has 0 saturated carbocycles. The van der Waals surface area contributed by atoms with E-state index in [9.17, 15) is 13.2 Å². The molecule has 1 heterocycles. The van der Waals surface area contributed by atoms with E-state index in [1.54, 1.807) is 31.4 Å². The Kier molecular flexibility index (Phi) is 6.58. The summed E-state index contributed by atoms with van der Waals surface area (Å²) in [7, 11) is -2.36. The number of methoxy groups -OCH3 is 1. The number of carbonyl (C=O) groups excluding carboxylic acids is 1. The Bertz CT molecular complexity index is 1080. The van der Waals surface area contributed by atoms with Gasteiger partial charge in [0.1, 0.15) is 16.4 Å². The number of halogens is 1. The zero-order valence-electron chi connectivity index (χ0n) is 15.5. The van der Waals surface area contributed by atoms with E-state index in [2.05, 4.69) is 10.0 Å². The highest BCUT2D eigenvalue weighted by atomic mass is 35.5. The summed E-state index contributed by atoms with van der Waals surface area (Å²) < 4.78 is 37.8. The van der Waals surface area contributed by atoms with Gasteiger partial charge in [0.25, 0.3) is 5.91 Å². The molecular formula is C20H19ClN2O5S. The van der Waals surface area contributed by atoms with Crippen LogP contribution in [0.15, 0.2) is 70.2 Å². The summed E-state index contributed by atoms with van der Waals surface area (Å²) >= 11 is 6.06. The van der Waals surface area contributed by atoms with Gasteiger partial charge in [-0.15, -0.1) is 0 Å². The van der Waals surface area contributed by atoms with Crippen LogP contribution >= 0.6 is 11.6 Å². The number of nitrogens with one attached hydrogen (secondary N) is 2. The summed E-state index contributed by atoms with van der Waals surface area (Å²) in [4.78, 5) is 12.3. The van der Waals surface area contributed by atoms with Crippen molar-refractivity contribution in [3.8, 4) is 5.75 Å². The molecule has 152 valence electrons. The maximum atomic E-state index is 12.6. The summed E-state index contributed by atoms with van der Waals surface area (Å²) in [5.41, 5.74) is 1.06. The second kappa shape index (κ2) is 9.13. The van der Waals surface area contributed by atoms with Crippen LogP contribution in [0.25, 0.3) is 0 Å². The van der Waals surface area contributed by atoms with E-state index in [1.165, 1.54) is 24.5 Å². The largest absolute Gasteiger partial charge is 0.497 e. The lowest BCUT2D eigenvalue weighted by atomic mass is 10.2. The van der Waals surface area contributed by atoms with Crippen LogP contribution in [0.1, 0.15) is 21.7 Å². The molecule has 3 aromatic rings. The molecule has 0 aliphatic carbocycles. The van der Waals surface area contributed by atoms with Crippen LogP contribution < -0.4 is 14.8 Å². The topological polar surface area (TPSA) is 97.6 Å². The summed E-state index contributed by atoms with van der Waals surface area (Å²) in [6, 6.07) is 14.6. The Labute approximate surface area is 173 Å². The van der Waals surface area contributed by atoms with Gasteiger partial charge in [0.15, 0.2) is 0 Å². The van der Waals surface area contributed by atoms with Gasteiger partial charge in [0.05, 0.1) is 24.9 Å². The first-order valence-electron chi connectivity index (χ1n) is 8.62. The maximum Gasteiger partial charge on any atom is 0.251 e. The van der Waals surface area contributed by atoms with Crippen molar-refractivity contribution in [2.45, 2.75) is 18.0 Å².